The number of rotatable bonds is 9. The zero-order chi connectivity index (χ0) is 21.5. The van der Waals surface area contributed by atoms with E-state index in [0.717, 1.165) is 11.1 Å². The third-order valence-corrected chi connectivity index (χ3v) is 4.68. The number of carbonyl (C=O) groups is 1. The number of nitrogens with one attached hydrogen (secondary N) is 2. The monoisotopic (exact) mass is 429 g/mol. The highest BCUT2D eigenvalue weighted by molar-refractivity contribution is 6.32. The third-order valence-electron chi connectivity index (χ3n) is 4.39. The molecule has 1 heterocycles. The van der Waals surface area contributed by atoms with Crippen LogP contribution in [0.4, 0.5) is 0 Å². The minimum absolute atomic E-state index is 0.252. The zero-order valence-electron chi connectivity index (χ0n) is 17.1. The second-order valence-corrected chi connectivity index (χ2v) is 6.74. The SMILES string of the molecule is CCOc1ccc(-c2[nH]ncc2C(=O)NCc2ccc(OC)c(OCC)c2)cc1Cl. The molecule has 0 aliphatic heterocycles. The van der Waals surface area contributed by atoms with Gasteiger partial charge in [0.15, 0.2) is 11.5 Å². The van der Waals surface area contributed by atoms with E-state index in [1.807, 2.05) is 38.1 Å². The molecule has 3 rings (SSSR count). The molecule has 1 amide bonds. The lowest BCUT2D eigenvalue weighted by Crippen LogP contribution is -2.23. The largest absolute Gasteiger partial charge is 0.493 e. The Bertz CT molecular complexity index is 1020. The van der Waals surface area contributed by atoms with E-state index in [-0.39, 0.29) is 5.91 Å². The van der Waals surface area contributed by atoms with Crippen molar-refractivity contribution in [2.24, 2.45) is 0 Å². The van der Waals surface area contributed by atoms with E-state index < -0.39 is 0 Å². The van der Waals surface area contributed by atoms with E-state index in [2.05, 4.69) is 15.5 Å². The highest BCUT2D eigenvalue weighted by Crippen LogP contribution is 2.31. The van der Waals surface area contributed by atoms with Gasteiger partial charge in [0, 0.05) is 12.1 Å². The van der Waals surface area contributed by atoms with Crippen LogP contribution in [-0.2, 0) is 6.54 Å². The summed E-state index contributed by atoms with van der Waals surface area (Å²) in [5, 5.41) is 10.3. The third kappa shape index (κ3) is 4.86. The van der Waals surface area contributed by atoms with Gasteiger partial charge in [-0.15, -0.1) is 0 Å². The lowest BCUT2D eigenvalue weighted by Gasteiger charge is -2.12. The summed E-state index contributed by atoms with van der Waals surface area (Å²) in [5.74, 6) is 1.63. The maximum atomic E-state index is 12.8. The number of carbonyl (C=O) groups excluding carboxylic acids is 1. The molecule has 8 heteroatoms. The van der Waals surface area contributed by atoms with Gasteiger partial charge in [0.2, 0.25) is 0 Å². The van der Waals surface area contributed by atoms with E-state index in [4.69, 9.17) is 25.8 Å². The van der Waals surface area contributed by atoms with E-state index in [0.29, 0.717) is 53.3 Å². The van der Waals surface area contributed by atoms with Crippen LogP contribution in [0.5, 0.6) is 17.2 Å². The molecule has 2 aromatic carbocycles. The van der Waals surface area contributed by atoms with Crippen molar-refractivity contribution in [3.8, 4) is 28.5 Å². The molecule has 0 fully saturated rings. The Labute approximate surface area is 180 Å². The molecule has 158 valence electrons. The van der Waals surface area contributed by atoms with Crippen LogP contribution in [0.2, 0.25) is 5.02 Å². The highest BCUT2D eigenvalue weighted by Gasteiger charge is 2.17. The fraction of sp³-hybridized carbons (Fsp3) is 0.273. The fourth-order valence-electron chi connectivity index (χ4n) is 2.98. The molecule has 7 nitrogen and oxygen atoms in total. The molecule has 2 N–H and O–H groups in total. The zero-order valence-corrected chi connectivity index (χ0v) is 17.9. The van der Waals surface area contributed by atoms with E-state index >= 15 is 0 Å². The Morgan fingerprint density at radius 2 is 1.80 bits per heavy atom. The van der Waals surface area contributed by atoms with Crippen LogP contribution in [-0.4, -0.2) is 36.4 Å². The van der Waals surface area contributed by atoms with E-state index in [1.54, 1.807) is 19.2 Å². The summed E-state index contributed by atoms with van der Waals surface area (Å²) in [6.45, 7) is 5.17. The first-order valence-electron chi connectivity index (χ1n) is 9.61. The van der Waals surface area contributed by atoms with Gasteiger partial charge in [-0.3, -0.25) is 9.89 Å². The molecular formula is C22H24ClN3O4. The van der Waals surface area contributed by atoms with Gasteiger partial charge in [0.25, 0.3) is 5.91 Å². The van der Waals surface area contributed by atoms with Crippen molar-refractivity contribution < 1.29 is 19.0 Å². The van der Waals surface area contributed by atoms with Crippen molar-refractivity contribution in [3.63, 3.8) is 0 Å². The van der Waals surface area contributed by atoms with E-state index in [1.165, 1.54) is 6.20 Å². The molecule has 0 unspecified atom stereocenters. The predicted molar refractivity (Wildman–Crippen MR) is 116 cm³/mol. The molecule has 30 heavy (non-hydrogen) atoms. The molecule has 0 bridgehead atoms. The number of H-pyrrole nitrogens is 1. The number of hydrogen-bond donors (Lipinski definition) is 2. The molecular weight excluding hydrogens is 406 g/mol. The summed E-state index contributed by atoms with van der Waals surface area (Å²) in [7, 11) is 1.59. The molecule has 0 aliphatic rings. The average Bonchev–Trinajstić information content (AvgIpc) is 3.24. The Balaban J connectivity index is 1.74. The van der Waals surface area contributed by atoms with Crippen LogP contribution in [0, 0.1) is 0 Å². The molecule has 0 atom stereocenters. The number of nitrogens with zero attached hydrogens (tertiary/aromatic N) is 1. The number of aromatic nitrogens is 2. The van der Waals surface area contributed by atoms with Crippen LogP contribution >= 0.6 is 11.6 Å². The second kappa shape index (κ2) is 10.0. The van der Waals surface area contributed by atoms with Crippen LogP contribution < -0.4 is 19.5 Å². The lowest BCUT2D eigenvalue weighted by molar-refractivity contribution is 0.0951. The van der Waals surface area contributed by atoms with Crippen molar-refractivity contribution >= 4 is 17.5 Å². The number of aromatic amines is 1. The second-order valence-electron chi connectivity index (χ2n) is 6.34. The summed E-state index contributed by atoms with van der Waals surface area (Å²) >= 11 is 6.28. The predicted octanol–water partition coefficient (Wildman–Crippen LogP) is 4.47. The molecule has 0 saturated carbocycles. The summed E-state index contributed by atoms with van der Waals surface area (Å²) in [6.07, 6.45) is 1.49. The standard InChI is InChI=1S/C22H24ClN3O4/c1-4-29-18-9-7-15(11-17(18)23)21-16(13-25-26-21)22(27)24-12-14-6-8-19(28-3)20(10-14)30-5-2/h6-11,13H,4-5,12H2,1-3H3,(H,24,27)(H,25,26). The number of hydrogen-bond acceptors (Lipinski definition) is 5. The topological polar surface area (TPSA) is 85.5 Å². The maximum absolute atomic E-state index is 12.8. The average molecular weight is 430 g/mol. The Hall–Kier alpha value is -3.19. The summed E-state index contributed by atoms with van der Waals surface area (Å²) in [6, 6.07) is 10.9. The number of methoxy groups -OCH3 is 1. The smallest absolute Gasteiger partial charge is 0.255 e. The van der Waals surface area contributed by atoms with Crippen LogP contribution in [0.25, 0.3) is 11.3 Å². The molecule has 0 saturated heterocycles. The fourth-order valence-corrected chi connectivity index (χ4v) is 3.22. The first-order chi connectivity index (χ1) is 14.6. The molecule has 0 spiro atoms. The van der Waals surface area contributed by atoms with E-state index in [9.17, 15) is 4.79 Å². The van der Waals surface area contributed by atoms with Gasteiger partial charge in [-0.05, 0) is 49.7 Å². The minimum Gasteiger partial charge on any atom is -0.493 e. The Kier molecular flexibility index (Phi) is 7.19. The number of amides is 1. The maximum Gasteiger partial charge on any atom is 0.255 e. The van der Waals surface area contributed by atoms with Crippen LogP contribution in [0.15, 0.2) is 42.6 Å². The van der Waals surface area contributed by atoms with Crippen LogP contribution in [0.1, 0.15) is 29.8 Å². The first-order valence-corrected chi connectivity index (χ1v) is 9.99. The minimum atomic E-state index is -0.252. The number of benzene rings is 2. The number of halogens is 1. The van der Waals surface area contributed by atoms with Crippen molar-refractivity contribution in [1.82, 2.24) is 15.5 Å². The molecule has 0 aliphatic carbocycles. The lowest BCUT2D eigenvalue weighted by atomic mass is 10.1. The van der Waals surface area contributed by atoms with Crippen molar-refractivity contribution in [1.29, 1.82) is 0 Å². The Morgan fingerprint density at radius 1 is 1.07 bits per heavy atom. The van der Waals surface area contributed by atoms with Crippen molar-refractivity contribution in [2.75, 3.05) is 20.3 Å². The van der Waals surface area contributed by atoms with Gasteiger partial charge in [-0.25, -0.2) is 0 Å². The quantitative estimate of drug-likeness (QED) is 0.524. The summed E-state index contributed by atoms with van der Waals surface area (Å²) in [5.41, 5.74) is 2.65. The molecule has 3 aromatic rings. The van der Waals surface area contributed by atoms with Gasteiger partial charge in [-0.1, -0.05) is 17.7 Å². The van der Waals surface area contributed by atoms with Gasteiger partial charge >= 0.3 is 0 Å². The highest BCUT2D eigenvalue weighted by atomic mass is 35.5. The van der Waals surface area contributed by atoms with Gasteiger partial charge in [0.1, 0.15) is 5.75 Å². The molecule has 0 radical (unpaired) electrons. The Morgan fingerprint density at radius 3 is 2.50 bits per heavy atom. The van der Waals surface area contributed by atoms with Crippen molar-refractivity contribution in [2.45, 2.75) is 20.4 Å². The first kappa shape index (κ1) is 21.5. The van der Waals surface area contributed by atoms with Gasteiger partial charge in [0.05, 0.1) is 42.8 Å². The summed E-state index contributed by atoms with van der Waals surface area (Å²) in [4.78, 5) is 12.8. The number of ether oxygens (including phenoxy) is 3. The van der Waals surface area contributed by atoms with Gasteiger partial charge < -0.3 is 19.5 Å². The normalized spacial score (nSPS) is 10.5. The van der Waals surface area contributed by atoms with Gasteiger partial charge in [-0.2, -0.15) is 5.10 Å². The summed E-state index contributed by atoms with van der Waals surface area (Å²) < 4.78 is 16.3. The van der Waals surface area contributed by atoms with Crippen LogP contribution in [0.3, 0.4) is 0 Å². The van der Waals surface area contributed by atoms with Crippen molar-refractivity contribution in [3.05, 3.63) is 58.7 Å². The molecule has 1 aromatic heterocycles.